The molecular weight excluding hydrogens is 330 g/mol. The van der Waals surface area contributed by atoms with Crippen molar-refractivity contribution in [2.75, 3.05) is 39.3 Å². The van der Waals surface area contributed by atoms with Crippen molar-refractivity contribution in [3.8, 4) is 17.2 Å². The van der Waals surface area contributed by atoms with Gasteiger partial charge in [-0.2, -0.15) is 0 Å². The van der Waals surface area contributed by atoms with Gasteiger partial charge in [0.1, 0.15) is 17.2 Å². The Morgan fingerprint density at radius 1 is 1.08 bits per heavy atom. The maximum absolute atomic E-state index is 13.3. The number of ether oxygens (including phenoxy) is 3. The summed E-state index contributed by atoms with van der Waals surface area (Å²) >= 11 is 0. The highest BCUT2D eigenvalue weighted by molar-refractivity contribution is 6.10. The molecule has 0 radical (unpaired) electrons. The Bertz CT molecular complexity index is 814. The molecule has 0 saturated heterocycles. The van der Waals surface area contributed by atoms with Gasteiger partial charge in [0, 0.05) is 25.2 Å². The Balaban J connectivity index is 2.10. The van der Waals surface area contributed by atoms with Gasteiger partial charge in [-0.1, -0.05) is 18.2 Å². The van der Waals surface area contributed by atoms with Crippen LogP contribution >= 0.6 is 0 Å². The van der Waals surface area contributed by atoms with Crippen molar-refractivity contribution in [1.29, 1.82) is 0 Å². The SMILES string of the molecule is C=CCN1CC(c2ccc(OC)cc2)C(=O)c2c(OC)cc(OC)cc21. The van der Waals surface area contributed by atoms with E-state index in [2.05, 4.69) is 11.5 Å². The largest absolute Gasteiger partial charge is 0.497 e. The van der Waals surface area contributed by atoms with Gasteiger partial charge in [-0.25, -0.2) is 0 Å². The first-order valence-corrected chi connectivity index (χ1v) is 8.43. The normalized spacial score (nSPS) is 16.0. The third kappa shape index (κ3) is 3.12. The zero-order valence-corrected chi connectivity index (χ0v) is 15.3. The molecule has 1 aliphatic heterocycles. The van der Waals surface area contributed by atoms with Crippen molar-refractivity contribution in [2.45, 2.75) is 5.92 Å². The van der Waals surface area contributed by atoms with E-state index in [1.54, 1.807) is 27.4 Å². The topological polar surface area (TPSA) is 48.0 Å². The number of hydrogen-bond acceptors (Lipinski definition) is 5. The Kier molecular flexibility index (Phi) is 5.16. The molecule has 3 rings (SSSR count). The number of carbonyl (C=O) groups is 1. The molecule has 2 aromatic rings. The Hall–Kier alpha value is -2.95. The number of carbonyl (C=O) groups excluding carboxylic acids is 1. The lowest BCUT2D eigenvalue weighted by atomic mass is 9.85. The van der Waals surface area contributed by atoms with E-state index < -0.39 is 0 Å². The molecule has 2 aromatic carbocycles. The van der Waals surface area contributed by atoms with E-state index in [-0.39, 0.29) is 11.7 Å². The minimum absolute atomic E-state index is 0.0463. The summed E-state index contributed by atoms with van der Waals surface area (Å²) < 4.78 is 16.1. The summed E-state index contributed by atoms with van der Waals surface area (Å²) in [5, 5.41) is 0. The number of ketones is 1. The maximum Gasteiger partial charge on any atom is 0.177 e. The predicted octanol–water partition coefficient (Wildman–Crippen LogP) is 3.68. The van der Waals surface area contributed by atoms with E-state index in [1.807, 2.05) is 36.4 Å². The zero-order valence-electron chi connectivity index (χ0n) is 15.3. The van der Waals surface area contributed by atoms with E-state index in [0.29, 0.717) is 30.2 Å². The van der Waals surface area contributed by atoms with Gasteiger partial charge < -0.3 is 19.1 Å². The summed E-state index contributed by atoms with van der Waals surface area (Å²) in [6.45, 7) is 5.04. The molecule has 0 amide bonds. The second-order valence-electron chi connectivity index (χ2n) is 6.11. The van der Waals surface area contributed by atoms with Gasteiger partial charge in [0.2, 0.25) is 0 Å². The fourth-order valence-electron chi connectivity index (χ4n) is 3.35. The molecule has 0 fully saturated rings. The molecule has 5 heteroatoms. The predicted molar refractivity (Wildman–Crippen MR) is 102 cm³/mol. The number of nitrogens with zero attached hydrogens (tertiary/aromatic N) is 1. The fourth-order valence-corrected chi connectivity index (χ4v) is 3.35. The Morgan fingerprint density at radius 3 is 2.35 bits per heavy atom. The van der Waals surface area contributed by atoms with Crippen LogP contribution in [0.5, 0.6) is 17.2 Å². The first-order valence-electron chi connectivity index (χ1n) is 8.43. The summed E-state index contributed by atoms with van der Waals surface area (Å²) in [5.74, 6) is 1.71. The molecule has 1 unspecified atom stereocenters. The molecule has 0 bridgehead atoms. The molecule has 0 N–H and O–H groups in total. The smallest absolute Gasteiger partial charge is 0.177 e. The highest BCUT2D eigenvalue weighted by Gasteiger charge is 2.35. The van der Waals surface area contributed by atoms with Crippen molar-refractivity contribution in [1.82, 2.24) is 0 Å². The van der Waals surface area contributed by atoms with E-state index in [1.165, 1.54) is 0 Å². The van der Waals surface area contributed by atoms with Gasteiger partial charge in [0.05, 0.1) is 38.5 Å². The van der Waals surface area contributed by atoms with Crippen molar-refractivity contribution in [3.05, 3.63) is 60.2 Å². The first kappa shape index (κ1) is 17.9. The van der Waals surface area contributed by atoms with Crippen molar-refractivity contribution < 1.29 is 19.0 Å². The lowest BCUT2D eigenvalue weighted by Gasteiger charge is -2.35. The minimum atomic E-state index is -0.282. The zero-order chi connectivity index (χ0) is 18.7. The molecule has 1 heterocycles. The molecule has 0 aliphatic carbocycles. The van der Waals surface area contributed by atoms with Crippen LogP contribution in [0, 0.1) is 0 Å². The fraction of sp³-hybridized carbons (Fsp3) is 0.286. The standard InChI is InChI=1S/C21H23NO4/c1-5-10-22-13-17(14-6-8-15(24-2)9-7-14)21(23)20-18(22)11-16(25-3)12-19(20)26-4/h5-9,11-12,17H,1,10,13H2,2-4H3. The van der Waals surface area contributed by atoms with Crippen LogP contribution in [-0.2, 0) is 0 Å². The molecular formula is C21H23NO4. The average molecular weight is 353 g/mol. The molecule has 5 nitrogen and oxygen atoms in total. The van der Waals surface area contributed by atoms with Crippen LogP contribution < -0.4 is 19.1 Å². The second kappa shape index (κ2) is 7.52. The van der Waals surface area contributed by atoms with Crippen molar-refractivity contribution in [2.24, 2.45) is 0 Å². The number of rotatable bonds is 6. The lowest BCUT2D eigenvalue weighted by molar-refractivity contribution is 0.0952. The van der Waals surface area contributed by atoms with Gasteiger partial charge in [-0.3, -0.25) is 4.79 Å². The van der Waals surface area contributed by atoms with Crippen LogP contribution in [0.1, 0.15) is 21.8 Å². The van der Waals surface area contributed by atoms with Gasteiger partial charge in [-0.15, -0.1) is 6.58 Å². The van der Waals surface area contributed by atoms with Gasteiger partial charge >= 0.3 is 0 Å². The van der Waals surface area contributed by atoms with Crippen molar-refractivity contribution in [3.63, 3.8) is 0 Å². The highest BCUT2D eigenvalue weighted by atomic mass is 16.5. The summed E-state index contributed by atoms with van der Waals surface area (Å²) in [4.78, 5) is 15.4. The second-order valence-corrected chi connectivity index (χ2v) is 6.11. The Labute approximate surface area is 153 Å². The quantitative estimate of drug-likeness (QED) is 0.742. The molecule has 0 aromatic heterocycles. The van der Waals surface area contributed by atoms with Crippen LogP contribution in [0.3, 0.4) is 0 Å². The summed E-state index contributed by atoms with van der Waals surface area (Å²) in [6, 6.07) is 11.3. The van der Waals surface area contributed by atoms with E-state index in [9.17, 15) is 4.79 Å². The number of methoxy groups -OCH3 is 3. The van der Waals surface area contributed by atoms with Crippen LogP contribution in [-0.4, -0.2) is 40.2 Å². The van der Waals surface area contributed by atoms with E-state index in [0.717, 1.165) is 17.0 Å². The van der Waals surface area contributed by atoms with Gasteiger partial charge in [0.25, 0.3) is 0 Å². The van der Waals surface area contributed by atoms with Crippen LogP contribution in [0.25, 0.3) is 0 Å². The highest BCUT2D eigenvalue weighted by Crippen LogP contribution is 2.42. The third-order valence-corrected chi connectivity index (χ3v) is 4.68. The monoisotopic (exact) mass is 353 g/mol. The summed E-state index contributed by atoms with van der Waals surface area (Å²) in [5.41, 5.74) is 2.35. The van der Waals surface area contributed by atoms with Crippen LogP contribution in [0.15, 0.2) is 49.1 Å². The minimum Gasteiger partial charge on any atom is -0.497 e. The summed E-state index contributed by atoms with van der Waals surface area (Å²) in [7, 11) is 4.79. The number of Topliss-reactive ketones (excluding diaryl/α,β-unsaturated/α-hetero) is 1. The van der Waals surface area contributed by atoms with Crippen LogP contribution in [0.4, 0.5) is 5.69 Å². The van der Waals surface area contributed by atoms with E-state index in [4.69, 9.17) is 14.2 Å². The number of hydrogen-bond donors (Lipinski definition) is 0. The number of benzene rings is 2. The molecule has 136 valence electrons. The lowest BCUT2D eigenvalue weighted by Crippen LogP contribution is -2.38. The van der Waals surface area contributed by atoms with Crippen molar-refractivity contribution >= 4 is 11.5 Å². The number of anilines is 1. The molecule has 0 saturated carbocycles. The number of fused-ring (bicyclic) bond motifs is 1. The maximum atomic E-state index is 13.3. The summed E-state index contributed by atoms with van der Waals surface area (Å²) in [6.07, 6.45) is 1.83. The molecule has 0 spiro atoms. The molecule has 1 aliphatic rings. The third-order valence-electron chi connectivity index (χ3n) is 4.68. The molecule has 26 heavy (non-hydrogen) atoms. The Morgan fingerprint density at radius 2 is 1.77 bits per heavy atom. The first-order chi connectivity index (χ1) is 12.6. The average Bonchev–Trinajstić information content (AvgIpc) is 2.69. The van der Waals surface area contributed by atoms with Gasteiger partial charge in [0.15, 0.2) is 5.78 Å². The van der Waals surface area contributed by atoms with E-state index >= 15 is 0 Å². The molecule has 1 atom stereocenters. The van der Waals surface area contributed by atoms with Gasteiger partial charge in [-0.05, 0) is 17.7 Å². The van der Waals surface area contributed by atoms with Crippen LogP contribution in [0.2, 0.25) is 0 Å².